The van der Waals surface area contributed by atoms with Gasteiger partial charge in [-0.3, -0.25) is 0 Å². The molecule has 0 heterocycles. The highest BCUT2D eigenvalue weighted by Crippen LogP contribution is 2.21. The first-order valence-electron chi connectivity index (χ1n) is 6.06. The second kappa shape index (κ2) is 6.97. The number of ether oxygens (including phenoxy) is 2. The van der Waals surface area contributed by atoms with Crippen molar-refractivity contribution in [3.05, 3.63) is 42.5 Å². The lowest BCUT2D eigenvalue weighted by Crippen LogP contribution is -2.40. The zero-order valence-electron chi connectivity index (χ0n) is 11.2. The third-order valence-corrected chi connectivity index (χ3v) is 2.86. The standard InChI is InChI=1S/C15H20O3/c1-4-5-9-12-15(2,17-3)14(16)18-13-10-7-6-8-11-13/h4-8,10-11H,9,12H2,1-3H3/b5-4+/t15-/m0/s1. The van der Waals surface area contributed by atoms with Gasteiger partial charge in [-0.05, 0) is 38.8 Å². The summed E-state index contributed by atoms with van der Waals surface area (Å²) in [7, 11) is 1.53. The van der Waals surface area contributed by atoms with E-state index in [1.165, 1.54) is 7.11 Å². The van der Waals surface area contributed by atoms with E-state index in [0.29, 0.717) is 12.2 Å². The Morgan fingerprint density at radius 1 is 1.33 bits per heavy atom. The largest absolute Gasteiger partial charge is 0.424 e. The molecule has 0 N–H and O–H groups in total. The van der Waals surface area contributed by atoms with Gasteiger partial charge in [0.05, 0.1) is 0 Å². The zero-order chi connectivity index (χ0) is 13.4. The Labute approximate surface area is 108 Å². The van der Waals surface area contributed by atoms with Crippen LogP contribution in [0.3, 0.4) is 0 Å². The molecule has 0 aliphatic carbocycles. The van der Waals surface area contributed by atoms with Gasteiger partial charge >= 0.3 is 5.97 Å². The molecule has 0 aliphatic heterocycles. The Morgan fingerprint density at radius 3 is 2.56 bits per heavy atom. The molecule has 0 bridgehead atoms. The van der Waals surface area contributed by atoms with Crippen LogP contribution in [0, 0.1) is 0 Å². The van der Waals surface area contributed by atoms with Crippen molar-refractivity contribution in [2.24, 2.45) is 0 Å². The predicted octanol–water partition coefficient (Wildman–Crippen LogP) is 3.35. The van der Waals surface area contributed by atoms with Crippen molar-refractivity contribution in [2.75, 3.05) is 7.11 Å². The summed E-state index contributed by atoms with van der Waals surface area (Å²) >= 11 is 0. The minimum atomic E-state index is -0.907. The molecule has 18 heavy (non-hydrogen) atoms. The first-order chi connectivity index (χ1) is 8.62. The molecule has 0 aliphatic rings. The number of esters is 1. The number of hydrogen-bond acceptors (Lipinski definition) is 3. The van der Waals surface area contributed by atoms with E-state index < -0.39 is 5.60 Å². The lowest BCUT2D eigenvalue weighted by molar-refractivity contribution is -0.157. The molecule has 0 saturated heterocycles. The molecule has 0 spiro atoms. The Hall–Kier alpha value is -1.61. The van der Waals surface area contributed by atoms with Crippen molar-refractivity contribution in [1.29, 1.82) is 0 Å². The number of allylic oxidation sites excluding steroid dienone is 2. The summed E-state index contributed by atoms with van der Waals surface area (Å²) in [6.07, 6.45) is 5.34. The van der Waals surface area contributed by atoms with Gasteiger partial charge < -0.3 is 9.47 Å². The van der Waals surface area contributed by atoms with Crippen molar-refractivity contribution in [3.63, 3.8) is 0 Å². The fraction of sp³-hybridized carbons (Fsp3) is 0.400. The number of benzene rings is 1. The lowest BCUT2D eigenvalue weighted by Gasteiger charge is -2.25. The number of carbonyl (C=O) groups is 1. The average Bonchev–Trinajstić information content (AvgIpc) is 2.40. The number of hydrogen-bond donors (Lipinski definition) is 0. The molecule has 0 fully saturated rings. The smallest absolute Gasteiger partial charge is 0.343 e. The second-order valence-electron chi connectivity index (χ2n) is 4.25. The number of para-hydroxylation sites is 1. The molecular weight excluding hydrogens is 228 g/mol. The zero-order valence-corrected chi connectivity index (χ0v) is 11.2. The Bertz CT molecular complexity index is 397. The summed E-state index contributed by atoms with van der Waals surface area (Å²) in [4.78, 5) is 12.1. The average molecular weight is 248 g/mol. The molecule has 1 aromatic rings. The summed E-state index contributed by atoms with van der Waals surface area (Å²) in [5.41, 5.74) is -0.907. The van der Waals surface area contributed by atoms with E-state index in [2.05, 4.69) is 0 Å². The van der Waals surface area contributed by atoms with Gasteiger partial charge in [0, 0.05) is 7.11 Å². The van der Waals surface area contributed by atoms with Gasteiger partial charge in [-0.15, -0.1) is 0 Å². The summed E-state index contributed by atoms with van der Waals surface area (Å²) in [5, 5.41) is 0. The quantitative estimate of drug-likeness (QED) is 0.440. The van der Waals surface area contributed by atoms with Crippen LogP contribution in [0.4, 0.5) is 0 Å². The lowest BCUT2D eigenvalue weighted by atomic mass is 10.00. The molecule has 0 saturated carbocycles. The molecule has 3 heteroatoms. The normalized spacial score (nSPS) is 14.4. The molecule has 3 nitrogen and oxygen atoms in total. The van der Waals surface area contributed by atoms with Crippen molar-refractivity contribution in [1.82, 2.24) is 0 Å². The molecule has 0 amide bonds. The van der Waals surface area contributed by atoms with Gasteiger partial charge in [-0.25, -0.2) is 4.79 Å². The van der Waals surface area contributed by atoms with Gasteiger partial charge in [0.25, 0.3) is 0 Å². The summed E-state index contributed by atoms with van der Waals surface area (Å²) in [5.74, 6) is 0.178. The van der Waals surface area contributed by atoms with E-state index in [4.69, 9.17) is 9.47 Å². The van der Waals surface area contributed by atoms with Crippen LogP contribution in [-0.2, 0) is 9.53 Å². The summed E-state index contributed by atoms with van der Waals surface area (Å²) in [6.45, 7) is 3.70. The maximum Gasteiger partial charge on any atom is 0.343 e. The third kappa shape index (κ3) is 4.00. The minimum absolute atomic E-state index is 0.360. The van der Waals surface area contributed by atoms with Gasteiger partial charge in [0.1, 0.15) is 5.75 Å². The first kappa shape index (κ1) is 14.5. The maximum atomic E-state index is 12.1. The maximum absolute atomic E-state index is 12.1. The van der Waals surface area contributed by atoms with Crippen LogP contribution in [0.25, 0.3) is 0 Å². The highest BCUT2D eigenvalue weighted by Gasteiger charge is 2.34. The Balaban J connectivity index is 2.66. The molecule has 1 atom stereocenters. The van der Waals surface area contributed by atoms with Crippen molar-refractivity contribution < 1.29 is 14.3 Å². The monoisotopic (exact) mass is 248 g/mol. The summed E-state index contributed by atoms with van der Waals surface area (Å²) in [6, 6.07) is 9.03. The first-order valence-corrected chi connectivity index (χ1v) is 6.06. The minimum Gasteiger partial charge on any atom is -0.424 e. The highest BCUT2D eigenvalue weighted by atomic mass is 16.6. The number of carbonyl (C=O) groups excluding carboxylic acids is 1. The van der Waals surface area contributed by atoms with Crippen molar-refractivity contribution in [3.8, 4) is 5.75 Å². The van der Waals surface area contributed by atoms with Gasteiger partial charge in [-0.1, -0.05) is 30.4 Å². The van der Waals surface area contributed by atoms with E-state index >= 15 is 0 Å². The molecular formula is C15H20O3. The van der Waals surface area contributed by atoms with Crippen LogP contribution in [0.2, 0.25) is 0 Å². The van der Waals surface area contributed by atoms with Crippen molar-refractivity contribution in [2.45, 2.75) is 32.3 Å². The van der Waals surface area contributed by atoms with Gasteiger partial charge in [0.2, 0.25) is 0 Å². The molecule has 1 rings (SSSR count). The van der Waals surface area contributed by atoms with Crippen LogP contribution in [0.5, 0.6) is 5.75 Å². The third-order valence-electron chi connectivity index (χ3n) is 2.86. The van der Waals surface area contributed by atoms with Crippen LogP contribution in [0.15, 0.2) is 42.5 Å². The van der Waals surface area contributed by atoms with E-state index in [-0.39, 0.29) is 5.97 Å². The molecule has 0 radical (unpaired) electrons. The Kier molecular flexibility index (Phi) is 5.59. The topological polar surface area (TPSA) is 35.5 Å². The fourth-order valence-corrected chi connectivity index (χ4v) is 1.52. The fourth-order valence-electron chi connectivity index (χ4n) is 1.52. The number of rotatable bonds is 6. The molecule has 0 unspecified atom stereocenters. The van der Waals surface area contributed by atoms with Gasteiger partial charge in [-0.2, -0.15) is 0 Å². The molecule has 0 aromatic heterocycles. The van der Waals surface area contributed by atoms with E-state index in [9.17, 15) is 4.79 Å². The second-order valence-corrected chi connectivity index (χ2v) is 4.25. The SMILES string of the molecule is C/C=C/CC[C@](C)(OC)C(=O)Oc1ccccc1. The van der Waals surface area contributed by atoms with E-state index in [1.807, 2.05) is 37.3 Å². The highest BCUT2D eigenvalue weighted by molar-refractivity contribution is 5.81. The van der Waals surface area contributed by atoms with Crippen LogP contribution < -0.4 is 4.74 Å². The molecule has 98 valence electrons. The van der Waals surface area contributed by atoms with Crippen LogP contribution in [0.1, 0.15) is 26.7 Å². The van der Waals surface area contributed by atoms with Crippen LogP contribution in [-0.4, -0.2) is 18.7 Å². The Morgan fingerprint density at radius 2 is 2.00 bits per heavy atom. The van der Waals surface area contributed by atoms with Crippen LogP contribution >= 0.6 is 0 Å². The number of methoxy groups -OCH3 is 1. The summed E-state index contributed by atoms with van der Waals surface area (Å²) < 4.78 is 10.6. The van der Waals surface area contributed by atoms with E-state index in [1.54, 1.807) is 19.1 Å². The van der Waals surface area contributed by atoms with E-state index in [0.717, 1.165) is 6.42 Å². The predicted molar refractivity (Wildman–Crippen MR) is 71.5 cm³/mol. The van der Waals surface area contributed by atoms with Gasteiger partial charge in [0.15, 0.2) is 5.60 Å². The molecule has 1 aromatic carbocycles. The van der Waals surface area contributed by atoms with Crippen molar-refractivity contribution >= 4 is 5.97 Å².